The van der Waals surface area contributed by atoms with E-state index in [-0.39, 0.29) is 29.1 Å². The Morgan fingerprint density at radius 2 is 1.95 bits per heavy atom. The maximum atomic E-state index is 12.6. The van der Waals surface area contributed by atoms with Crippen LogP contribution in [-0.4, -0.2) is 23.2 Å². The first-order valence-electron chi connectivity index (χ1n) is 6.91. The van der Waals surface area contributed by atoms with Crippen LogP contribution in [0.3, 0.4) is 0 Å². The van der Waals surface area contributed by atoms with Crippen LogP contribution in [0.1, 0.15) is 32.6 Å². The van der Waals surface area contributed by atoms with E-state index in [9.17, 15) is 4.79 Å². The summed E-state index contributed by atoms with van der Waals surface area (Å²) in [6.45, 7) is 2.44. The summed E-state index contributed by atoms with van der Waals surface area (Å²) in [6.07, 6.45) is 4.17. The lowest BCUT2D eigenvalue weighted by Crippen LogP contribution is -2.48. The summed E-state index contributed by atoms with van der Waals surface area (Å²) in [5, 5.41) is 3.05. The highest BCUT2D eigenvalue weighted by molar-refractivity contribution is 8.01. The van der Waals surface area contributed by atoms with E-state index in [1.165, 1.54) is 4.90 Å². The molecule has 20 heavy (non-hydrogen) atoms. The third kappa shape index (κ3) is 4.14. The SMILES string of the molecule is C[C@@H](CN)NC(=O)C1(Sc2ccccc2)CCCC1.Cl. The van der Waals surface area contributed by atoms with Gasteiger partial charge in [0.15, 0.2) is 0 Å². The van der Waals surface area contributed by atoms with Gasteiger partial charge in [-0.1, -0.05) is 31.0 Å². The summed E-state index contributed by atoms with van der Waals surface area (Å²) >= 11 is 1.71. The van der Waals surface area contributed by atoms with Crippen LogP contribution in [0.2, 0.25) is 0 Å². The Hall–Kier alpha value is -0.710. The zero-order chi connectivity index (χ0) is 13.7. The second kappa shape index (κ2) is 7.91. The van der Waals surface area contributed by atoms with Crippen LogP contribution in [0.4, 0.5) is 0 Å². The number of carbonyl (C=O) groups is 1. The van der Waals surface area contributed by atoms with Crippen LogP contribution in [0, 0.1) is 0 Å². The summed E-state index contributed by atoms with van der Waals surface area (Å²) in [4.78, 5) is 13.7. The number of amides is 1. The van der Waals surface area contributed by atoms with Crippen LogP contribution in [-0.2, 0) is 4.79 Å². The normalized spacial score (nSPS) is 18.1. The minimum Gasteiger partial charge on any atom is -0.351 e. The Kier molecular flexibility index (Phi) is 6.86. The van der Waals surface area contributed by atoms with E-state index < -0.39 is 0 Å². The molecule has 0 aromatic heterocycles. The molecule has 0 aliphatic heterocycles. The van der Waals surface area contributed by atoms with Crippen molar-refractivity contribution in [1.82, 2.24) is 5.32 Å². The largest absolute Gasteiger partial charge is 0.351 e. The third-order valence-corrected chi connectivity index (χ3v) is 5.10. The fourth-order valence-corrected chi connectivity index (χ4v) is 3.84. The fraction of sp³-hybridized carbons (Fsp3) is 0.533. The second-order valence-electron chi connectivity index (χ2n) is 5.23. The molecule has 5 heteroatoms. The van der Waals surface area contributed by atoms with Crippen LogP contribution in [0.15, 0.2) is 35.2 Å². The van der Waals surface area contributed by atoms with Gasteiger partial charge < -0.3 is 11.1 Å². The molecule has 1 saturated carbocycles. The van der Waals surface area contributed by atoms with Crippen molar-refractivity contribution in [2.75, 3.05) is 6.54 Å². The van der Waals surface area contributed by atoms with Crippen molar-refractivity contribution < 1.29 is 4.79 Å². The Morgan fingerprint density at radius 1 is 1.35 bits per heavy atom. The molecular weight excluding hydrogens is 292 g/mol. The van der Waals surface area contributed by atoms with E-state index in [0.29, 0.717) is 6.54 Å². The molecule has 1 fully saturated rings. The van der Waals surface area contributed by atoms with E-state index in [2.05, 4.69) is 17.4 Å². The summed E-state index contributed by atoms with van der Waals surface area (Å²) in [7, 11) is 0. The van der Waals surface area contributed by atoms with Gasteiger partial charge in [0, 0.05) is 17.5 Å². The summed E-state index contributed by atoms with van der Waals surface area (Å²) < 4.78 is -0.301. The number of halogens is 1. The summed E-state index contributed by atoms with van der Waals surface area (Å²) in [6, 6.07) is 10.2. The number of carbonyl (C=O) groups excluding carboxylic acids is 1. The number of nitrogens with two attached hydrogens (primary N) is 1. The Balaban J connectivity index is 0.00000200. The summed E-state index contributed by atoms with van der Waals surface area (Å²) in [5.74, 6) is 0.150. The maximum Gasteiger partial charge on any atom is 0.236 e. The van der Waals surface area contributed by atoms with Gasteiger partial charge >= 0.3 is 0 Å². The van der Waals surface area contributed by atoms with Crippen LogP contribution < -0.4 is 11.1 Å². The van der Waals surface area contributed by atoms with Crippen molar-refractivity contribution >= 4 is 30.1 Å². The topological polar surface area (TPSA) is 55.1 Å². The average Bonchev–Trinajstić information content (AvgIpc) is 2.89. The zero-order valence-electron chi connectivity index (χ0n) is 11.8. The highest BCUT2D eigenvalue weighted by Gasteiger charge is 2.42. The van der Waals surface area contributed by atoms with E-state index in [4.69, 9.17) is 5.73 Å². The second-order valence-corrected chi connectivity index (χ2v) is 6.68. The Labute approximate surface area is 131 Å². The predicted molar refractivity (Wildman–Crippen MR) is 87.4 cm³/mol. The molecule has 112 valence electrons. The van der Waals surface area contributed by atoms with Gasteiger partial charge in [0.2, 0.25) is 5.91 Å². The van der Waals surface area contributed by atoms with Gasteiger partial charge in [0.25, 0.3) is 0 Å². The van der Waals surface area contributed by atoms with E-state index in [0.717, 1.165) is 25.7 Å². The first kappa shape index (κ1) is 17.3. The molecule has 3 nitrogen and oxygen atoms in total. The highest BCUT2D eigenvalue weighted by atomic mass is 35.5. The van der Waals surface area contributed by atoms with Crippen LogP contribution in [0.25, 0.3) is 0 Å². The van der Waals surface area contributed by atoms with E-state index >= 15 is 0 Å². The molecule has 0 radical (unpaired) electrons. The molecule has 0 unspecified atom stereocenters. The Morgan fingerprint density at radius 3 is 2.50 bits per heavy atom. The third-order valence-electron chi connectivity index (χ3n) is 3.61. The van der Waals surface area contributed by atoms with Crippen molar-refractivity contribution in [1.29, 1.82) is 0 Å². The lowest BCUT2D eigenvalue weighted by molar-refractivity contribution is -0.123. The molecule has 0 bridgehead atoms. The zero-order valence-corrected chi connectivity index (χ0v) is 13.4. The Bertz CT molecular complexity index is 421. The average molecular weight is 315 g/mol. The van der Waals surface area contributed by atoms with Crippen molar-refractivity contribution in [2.45, 2.75) is 48.3 Å². The van der Waals surface area contributed by atoms with Gasteiger partial charge in [0.05, 0.1) is 4.75 Å². The van der Waals surface area contributed by atoms with E-state index in [1.54, 1.807) is 11.8 Å². The minimum atomic E-state index is -0.301. The van der Waals surface area contributed by atoms with Crippen molar-refractivity contribution in [3.63, 3.8) is 0 Å². The van der Waals surface area contributed by atoms with Crippen LogP contribution >= 0.6 is 24.2 Å². The predicted octanol–water partition coefficient (Wildman–Crippen LogP) is 2.98. The van der Waals surface area contributed by atoms with Gasteiger partial charge in [-0.2, -0.15) is 0 Å². The van der Waals surface area contributed by atoms with E-state index in [1.807, 2.05) is 25.1 Å². The molecule has 1 atom stereocenters. The number of hydrogen-bond donors (Lipinski definition) is 2. The van der Waals surface area contributed by atoms with Gasteiger partial charge in [-0.15, -0.1) is 24.2 Å². The van der Waals surface area contributed by atoms with Gasteiger partial charge in [-0.3, -0.25) is 4.79 Å². The lowest BCUT2D eigenvalue weighted by atomic mass is 10.1. The van der Waals surface area contributed by atoms with Gasteiger partial charge in [-0.05, 0) is 31.9 Å². The molecule has 1 amide bonds. The fourth-order valence-electron chi connectivity index (χ4n) is 2.45. The van der Waals surface area contributed by atoms with Gasteiger partial charge in [-0.25, -0.2) is 0 Å². The first-order chi connectivity index (χ1) is 9.16. The number of thioether (sulfide) groups is 1. The number of nitrogens with one attached hydrogen (secondary N) is 1. The number of hydrogen-bond acceptors (Lipinski definition) is 3. The standard InChI is InChI=1S/C15H22N2OS.ClH/c1-12(11-16)17-14(18)15(9-5-6-10-15)19-13-7-3-2-4-8-13;/h2-4,7-8,12H,5-6,9-11,16H2,1H3,(H,17,18);1H/t12-;/m0./s1. The molecule has 1 aromatic rings. The van der Waals surface area contributed by atoms with Crippen molar-refractivity contribution in [3.8, 4) is 0 Å². The lowest BCUT2D eigenvalue weighted by Gasteiger charge is -2.28. The number of benzene rings is 1. The monoisotopic (exact) mass is 314 g/mol. The molecule has 1 aliphatic rings. The smallest absolute Gasteiger partial charge is 0.236 e. The number of rotatable bonds is 5. The highest BCUT2D eigenvalue weighted by Crippen LogP contribution is 2.45. The quantitative estimate of drug-likeness (QED) is 0.878. The minimum absolute atomic E-state index is 0. The molecule has 0 saturated heterocycles. The van der Waals surface area contributed by atoms with Crippen molar-refractivity contribution in [2.24, 2.45) is 5.73 Å². The molecule has 1 aromatic carbocycles. The molecule has 0 spiro atoms. The molecule has 1 aliphatic carbocycles. The molecule has 2 rings (SSSR count). The maximum absolute atomic E-state index is 12.6. The summed E-state index contributed by atoms with van der Waals surface area (Å²) in [5.41, 5.74) is 5.59. The van der Waals surface area contributed by atoms with Gasteiger partial charge in [0.1, 0.15) is 0 Å². The molecular formula is C15H23ClN2OS. The molecule has 0 heterocycles. The van der Waals surface area contributed by atoms with Crippen molar-refractivity contribution in [3.05, 3.63) is 30.3 Å². The molecule has 3 N–H and O–H groups in total. The first-order valence-corrected chi connectivity index (χ1v) is 7.73. The van der Waals surface area contributed by atoms with Crippen LogP contribution in [0.5, 0.6) is 0 Å².